The van der Waals surface area contributed by atoms with Gasteiger partial charge in [0.2, 0.25) is 11.9 Å². The third kappa shape index (κ3) is 2.83. The third-order valence-corrected chi connectivity index (χ3v) is 4.83. The Labute approximate surface area is 141 Å². The smallest absolute Gasteiger partial charge is 0.220 e. The molecule has 1 spiro atoms. The van der Waals surface area contributed by atoms with Gasteiger partial charge in [0, 0.05) is 19.8 Å². The zero-order valence-corrected chi connectivity index (χ0v) is 14.3. The third-order valence-electron chi connectivity index (χ3n) is 4.52. The minimum atomic E-state index is -0.433. The molecular weight excluding hydrogens is 312 g/mol. The minimum absolute atomic E-state index is 0.261. The summed E-state index contributed by atoms with van der Waals surface area (Å²) in [6.07, 6.45) is 5.24. The highest BCUT2D eigenvalue weighted by atomic mass is 35.5. The van der Waals surface area contributed by atoms with Crippen molar-refractivity contribution in [1.29, 1.82) is 0 Å². The maximum absolute atomic E-state index is 6.44. The molecule has 6 nitrogen and oxygen atoms in total. The van der Waals surface area contributed by atoms with Crippen molar-refractivity contribution >= 4 is 34.9 Å². The molecular formula is C16H23ClN6. The van der Waals surface area contributed by atoms with Gasteiger partial charge in [-0.1, -0.05) is 18.0 Å². The van der Waals surface area contributed by atoms with E-state index < -0.39 is 5.66 Å². The molecule has 0 saturated heterocycles. The van der Waals surface area contributed by atoms with Crippen molar-refractivity contribution in [2.75, 3.05) is 23.9 Å². The molecule has 0 aromatic heterocycles. The number of hydrogen-bond donors (Lipinski definition) is 2. The average molecular weight is 335 g/mol. The molecule has 0 radical (unpaired) electrons. The average Bonchev–Trinajstić information content (AvgIpc) is 2.46. The minimum Gasteiger partial charge on any atom is -0.376 e. The van der Waals surface area contributed by atoms with Crippen LogP contribution in [0.3, 0.4) is 0 Å². The van der Waals surface area contributed by atoms with Crippen LogP contribution in [-0.2, 0) is 0 Å². The Morgan fingerprint density at radius 3 is 2.48 bits per heavy atom. The number of nitrogens with two attached hydrogens (primary N) is 2. The molecule has 0 bridgehead atoms. The number of halogens is 1. The molecule has 1 heterocycles. The summed E-state index contributed by atoms with van der Waals surface area (Å²) in [5.74, 6) is 0.643. The lowest BCUT2D eigenvalue weighted by atomic mass is 9.87. The lowest BCUT2D eigenvalue weighted by Gasteiger charge is -2.45. The summed E-state index contributed by atoms with van der Waals surface area (Å²) < 4.78 is 0. The molecule has 1 fully saturated rings. The Morgan fingerprint density at radius 1 is 1.17 bits per heavy atom. The molecule has 124 valence electrons. The van der Waals surface area contributed by atoms with Crippen molar-refractivity contribution in [3.05, 3.63) is 23.2 Å². The maximum Gasteiger partial charge on any atom is 0.220 e. The van der Waals surface area contributed by atoms with Crippen molar-refractivity contribution in [3.8, 4) is 0 Å². The second-order valence-corrected chi connectivity index (χ2v) is 6.76. The number of guanidine groups is 2. The first-order valence-corrected chi connectivity index (χ1v) is 8.27. The van der Waals surface area contributed by atoms with Gasteiger partial charge in [0.15, 0.2) is 0 Å². The molecule has 0 atom stereocenters. The number of aliphatic imine (C=N–C) groups is 2. The van der Waals surface area contributed by atoms with Crippen molar-refractivity contribution < 1.29 is 0 Å². The normalized spacial score (nSPS) is 20.2. The van der Waals surface area contributed by atoms with Crippen LogP contribution in [-0.4, -0.2) is 31.7 Å². The molecule has 23 heavy (non-hydrogen) atoms. The van der Waals surface area contributed by atoms with Gasteiger partial charge in [0.05, 0.1) is 10.7 Å². The van der Waals surface area contributed by atoms with E-state index in [-0.39, 0.29) is 5.96 Å². The van der Waals surface area contributed by atoms with Crippen LogP contribution in [0.2, 0.25) is 5.02 Å². The molecule has 0 unspecified atom stereocenters. The molecule has 2 aliphatic rings. The van der Waals surface area contributed by atoms with E-state index in [1.807, 2.05) is 42.1 Å². The summed E-state index contributed by atoms with van der Waals surface area (Å²) in [5, 5.41) is 0.675. The lowest BCUT2D eigenvalue weighted by molar-refractivity contribution is 0.305. The van der Waals surface area contributed by atoms with E-state index in [2.05, 4.69) is 9.98 Å². The van der Waals surface area contributed by atoms with E-state index in [0.717, 1.165) is 37.1 Å². The molecule has 3 rings (SSSR count). The maximum atomic E-state index is 6.44. The van der Waals surface area contributed by atoms with Crippen LogP contribution in [0.4, 0.5) is 11.4 Å². The van der Waals surface area contributed by atoms with E-state index in [9.17, 15) is 0 Å². The van der Waals surface area contributed by atoms with E-state index in [1.165, 1.54) is 6.42 Å². The van der Waals surface area contributed by atoms with Crippen LogP contribution in [0, 0.1) is 0 Å². The quantitative estimate of drug-likeness (QED) is 0.870. The van der Waals surface area contributed by atoms with E-state index >= 15 is 0 Å². The lowest BCUT2D eigenvalue weighted by Crippen LogP contribution is -2.58. The van der Waals surface area contributed by atoms with Crippen LogP contribution in [0.25, 0.3) is 0 Å². The standard InChI is InChI=1S/C16H23ClN6/c1-22(2)13-7-6-11(10-12(13)17)23-15(19)20-14(18)21-16(23)8-4-3-5-9-16/h6-7,10H,3-5,8-9H2,1-2H3,(H4,18,19,20,21). The number of nitrogens with zero attached hydrogens (tertiary/aromatic N) is 4. The van der Waals surface area contributed by atoms with Crippen LogP contribution >= 0.6 is 11.6 Å². The fraction of sp³-hybridized carbons (Fsp3) is 0.500. The van der Waals surface area contributed by atoms with Crippen LogP contribution in [0.15, 0.2) is 28.2 Å². The van der Waals surface area contributed by atoms with Gasteiger partial charge in [0.1, 0.15) is 5.66 Å². The van der Waals surface area contributed by atoms with Crippen molar-refractivity contribution in [3.63, 3.8) is 0 Å². The van der Waals surface area contributed by atoms with Gasteiger partial charge >= 0.3 is 0 Å². The van der Waals surface area contributed by atoms with Crippen molar-refractivity contribution in [1.82, 2.24) is 0 Å². The number of anilines is 2. The Balaban J connectivity index is 2.05. The van der Waals surface area contributed by atoms with Crippen LogP contribution in [0.1, 0.15) is 32.1 Å². The van der Waals surface area contributed by atoms with Gasteiger partial charge in [-0.2, -0.15) is 4.99 Å². The first-order valence-electron chi connectivity index (χ1n) is 7.89. The predicted octanol–water partition coefficient (Wildman–Crippen LogP) is 2.52. The first-order chi connectivity index (χ1) is 10.9. The van der Waals surface area contributed by atoms with Gasteiger partial charge in [-0.15, -0.1) is 0 Å². The Hall–Kier alpha value is -1.95. The monoisotopic (exact) mass is 334 g/mol. The van der Waals surface area contributed by atoms with Gasteiger partial charge in [-0.05, 0) is 43.9 Å². The first kappa shape index (κ1) is 15.9. The highest BCUT2D eigenvalue weighted by Crippen LogP contribution is 2.41. The van der Waals surface area contributed by atoms with Crippen molar-refractivity contribution in [2.24, 2.45) is 21.5 Å². The van der Waals surface area contributed by atoms with E-state index in [0.29, 0.717) is 11.0 Å². The van der Waals surface area contributed by atoms with Gasteiger partial charge < -0.3 is 16.4 Å². The molecule has 1 aromatic rings. The Morgan fingerprint density at radius 2 is 1.87 bits per heavy atom. The molecule has 1 saturated carbocycles. The van der Waals surface area contributed by atoms with Gasteiger partial charge in [0.25, 0.3) is 0 Å². The molecule has 7 heteroatoms. The summed E-state index contributed by atoms with van der Waals surface area (Å²) in [6.45, 7) is 0. The summed E-state index contributed by atoms with van der Waals surface area (Å²) in [7, 11) is 3.93. The van der Waals surface area contributed by atoms with Gasteiger partial charge in [-0.25, -0.2) is 4.99 Å². The second-order valence-electron chi connectivity index (χ2n) is 6.35. The Bertz CT molecular complexity index is 661. The summed E-state index contributed by atoms with van der Waals surface area (Å²) >= 11 is 6.44. The number of hydrogen-bond acceptors (Lipinski definition) is 6. The van der Waals surface area contributed by atoms with Gasteiger partial charge in [-0.3, -0.25) is 4.90 Å². The van der Waals surface area contributed by atoms with Crippen molar-refractivity contribution in [2.45, 2.75) is 37.8 Å². The highest BCUT2D eigenvalue weighted by molar-refractivity contribution is 6.33. The van der Waals surface area contributed by atoms with E-state index in [1.54, 1.807) is 0 Å². The fourth-order valence-corrected chi connectivity index (χ4v) is 3.84. The second kappa shape index (κ2) is 5.92. The number of benzene rings is 1. The fourth-order valence-electron chi connectivity index (χ4n) is 3.49. The molecule has 1 aliphatic carbocycles. The zero-order chi connectivity index (χ0) is 16.6. The topological polar surface area (TPSA) is 83.2 Å². The number of rotatable bonds is 2. The summed E-state index contributed by atoms with van der Waals surface area (Å²) in [6, 6.07) is 5.92. The molecule has 1 aliphatic heterocycles. The predicted molar refractivity (Wildman–Crippen MR) is 97.3 cm³/mol. The highest BCUT2D eigenvalue weighted by Gasteiger charge is 2.42. The summed E-state index contributed by atoms with van der Waals surface area (Å²) in [5.41, 5.74) is 13.5. The summed E-state index contributed by atoms with van der Waals surface area (Å²) in [4.78, 5) is 12.8. The SMILES string of the molecule is CN(C)c1ccc(N2C(N)=NC(N)=NC23CCCCC3)cc1Cl. The van der Waals surface area contributed by atoms with Crippen LogP contribution in [0.5, 0.6) is 0 Å². The largest absolute Gasteiger partial charge is 0.376 e. The zero-order valence-electron chi connectivity index (χ0n) is 13.6. The Kier molecular flexibility index (Phi) is 4.10. The molecule has 1 aromatic carbocycles. The van der Waals surface area contributed by atoms with E-state index in [4.69, 9.17) is 23.1 Å². The van der Waals surface area contributed by atoms with Crippen LogP contribution < -0.4 is 21.3 Å². The molecule has 0 amide bonds. The molecule has 4 N–H and O–H groups in total.